The summed E-state index contributed by atoms with van der Waals surface area (Å²) in [7, 11) is 0. The summed E-state index contributed by atoms with van der Waals surface area (Å²) in [4.78, 5) is 12.5. The zero-order valence-electron chi connectivity index (χ0n) is 6.07. The van der Waals surface area contributed by atoms with Gasteiger partial charge in [0.1, 0.15) is 5.02 Å². The Morgan fingerprint density at radius 3 is 2.46 bits per heavy atom. The molecule has 0 saturated carbocycles. The number of diazo groups is 1. The molecule has 0 aromatic heterocycles. The average Bonchev–Trinajstić information content (AvgIpc) is 2.09. The molecule has 0 unspecified atom stereocenters. The van der Waals surface area contributed by atoms with E-state index < -0.39 is 4.92 Å². The molecule has 0 fully saturated rings. The minimum absolute atomic E-state index is 0.00253. The summed E-state index contributed by atoms with van der Waals surface area (Å²) in [6.45, 7) is 0. The van der Waals surface area contributed by atoms with Crippen molar-refractivity contribution < 1.29 is 4.92 Å². The predicted molar refractivity (Wildman–Crippen MR) is 47.9 cm³/mol. The molecule has 0 N–H and O–H groups in total. The van der Waals surface area contributed by atoms with E-state index in [0.29, 0.717) is 0 Å². The monoisotopic (exact) mass is 218 g/mol. The van der Waals surface area contributed by atoms with E-state index in [0.717, 1.165) is 6.07 Å². The van der Waals surface area contributed by atoms with Crippen molar-refractivity contribution in [2.24, 2.45) is 0 Å². The van der Waals surface area contributed by atoms with E-state index in [1.165, 1.54) is 6.07 Å². The first kappa shape index (κ1) is 9.71. The fourth-order valence-electron chi connectivity index (χ4n) is 0.747. The second-order valence-electron chi connectivity index (χ2n) is 2.09. The Balaban J connectivity index is 3.42. The molecule has 0 aliphatic rings. The van der Waals surface area contributed by atoms with Crippen LogP contribution in [0.5, 0.6) is 0 Å². The zero-order chi connectivity index (χ0) is 10.0. The first-order valence-electron chi connectivity index (χ1n) is 3.05. The number of rotatable bonds is 1. The van der Waals surface area contributed by atoms with Crippen LogP contribution in [0.1, 0.15) is 0 Å². The van der Waals surface area contributed by atoms with Crippen molar-refractivity contribution in [3.8, 4) is 0 Å². The van der Waals surface area contributed by atoms with Gasteiger partial charge in [-0.25, -0.2) is 0 Å². The smallest absolute Gasteiger partial charge is 0.258 e. The van der Waals surface area contributed by atoms with Gasteiger partial charge >= 0.3 is 5.69 Å². The second kappa shape index (κ2) is 3.56. The fourth-order valence-corrected chi connectivity index (χ4v) is 1.17. The van der Waals surface area contributed by atoms with E-state index in [2.05, 4.69) is 4.98 Å². The van der Waals surface area contributed by atoms with Crippen LogP contribution in [-0.2, 0) is 0 Å². The standard InChI is InChI=1S/C6H2Cl2N3O2/c7-5-3(10-9)1-2-4(6(5)8)11(12)13/h1-2H/q+1. The maximum atomic E-state index is 10.3. The lowest BCUT2D eigenvalue weighted by Crippen LogP contribution is -1.88. The third-order valence-corrected chi connectivity index (χ3v) is 2.21. The van der Waals surface area contributed by atoms with Crippen molar-refractivity contribution >= 4 is 34.6 Å². The van der Waals surface area contributed by atoms with E-state index in [1.807, 2.05) is 0 Å². The molecule has 1 aromatic carbocycles. The van der Waals surface area contributed by atoms with Crippen LogP contribution in [-0.4, -0.2) is 4.92 Å². The van der Waals surface area contributed by atoms with E-state index in [4.69, 9.17) is 28.6 Å². The lowest BCUT2D eigenvalue weighted by Gasteiger charge is -1.93. The van der Waals surface area contributed by atoms with Gasteiger partial charge in [-0.05, 0) is 0 Å². The molecule has 0 aliphatic heterocycles. The summed E-state index contributed by atoms with van der Waals surface area (Å²) in [5, 5.41) is 18.4. The Bertz CT molecular complexity index is 413. The number of nitro benzene ring substituents is 1. The Morgan fingerprint density at radius 1 is 1.38 bits per heavy atom. The van der Waals surface area contributed by atoms with E-state index in [1.54, 1.807) is 0 Å². The van der Waals surface area contributed by atoms with Crippen molar-refractivity contribution in [2.75, 3.05) is 0 Å². The Hall–Kier alpha value is -1.38. The van der Waals surface area contributed by atoms with Crippen molar-refractivity contribution in [1.82, 2.24) is 0 Å². The lowest BCUT2D eigenvalue weighted by atomic mass is 10.3. The SMILES string of the molecule is N#[N+]c1ccc([N+](=O)[O-])c(Cl)c1Cl. The summed E-state index contributed by atoms with van der Waals surface area (Å²) >= 11 is 11.1. The van der Waals surface area contributed by atoms with E-state index in [9.17, 15) is 10.1 Å². The zero-order valence-corrected chi connectivity index (χ0v) is 7.58. The summed E-state index contributed by atoms with van der Waals surface area (Å²) in [5.41, 5.74) is -0.323. The molecule has 13 heavy (non-hydrogen) atoms. The molecule has 0 aliphatic carbocycles. The van der Waals surface area contributed by atoms with Gasteiger partial charge in [0.25, 0.3) is 5.69 Å². The highest BCUT2D eigenvalue weighted by atomic mass is 35.5. The molecule has 66 valence electrons. The fraction of sp³-hybridized carbons (Fsp3) is 0. The molecule has 1 rings (SSSR count). The van der Waals surface area contributed by atoms with Gasteiger partial charge in [-0.2, -0.15) is 0 Å². The first-order chi connectivity index (χ1) is 6.07. The summed E-state index contributed by atoms with van der Waals surface area (Å²) in [6, 6.07) is 2.32. The number of benzene rings is 1. The van der Waals surface area contributed by atoms with Gasteiger partial charge in [-0.3, -0.25) is 10.1 Å². The second-order valence-corrected chi connectivity index (χ2v) is 2.84. The van der Waals surface area contributed by atoms with Gasteiger partial charge in [-0.1, -0.05) is 23.2 Å². The molecular formula is C6H2Cl2N3O2+. The van der Waals surface area contributed by atoms with Crippen LogP contribution in [0.3, 0.4) is 0 Å². The van der Waals surface area contributed by atoms with Crippen molar-refractivity contribution in [3.63, 3.8) is 0 Å². The summed E-state index contributed by atoms with van der Waals surface area (Å²) < 4.78 is 0. The highest BCUT2D eigenvalue weighted by Crippen LogP contribution is 2.38. The number of hydrogen-bond donors (Lipinski definition) is 0. The quantitative estimate of drug-likeness (QED) is 0.412. The highest BCUT2D eigenvalue weighted by Gasteiger charge is 2.23. The van der Waals surface area contributed by atoms with Gasteiger partial charge in [0.15, 0.2) is 10.00 Å². The van der Waals surface area contributed by atoms with Crippen LogP contribution in [0.15, 0.2) is 12.1 Å². The molecular weight excluding hydrogens is 217 g/mol. The summed E-state index contributed by atoms with van der Waals surface area (Å²) in [6.07, 6.45) is 0. The van der Waals surface area contributed by atoms with Crippen molar-refractivity contribution in [1.29, 1.82) is 5.39 Å². The number of hydrogen-bond acceptors (Lipinski definition) is 3. The minimum atomic E-state index is -0.671. The molecule has 0 amide bonds. The van der Waals surface area contributed by atoms with Crippen LogP contribution in [0.2, 0.25) is 10.0 Å². The lowest BCUT2D eigenvalue weighted by molar-refractivity contribution is -0.384. The average molecular weight is 219 g/mol. The number of halogens is 2. The maximum absolute atomic E-state index is 10.3. The topological polar surface area (TPSA) is 71.3 Å². The van der Waals surface area contributed by atoms with Crippen LogP contribution in [0.4, 0.5) is 11.4 Å². The van der Waals surface area contributed by atoms with Gasteiger partial charge in [0.05, 0.1) is 4.92 Å². The Kier molecular flexibility index (Phi) is 2.66. The molecule has 5 nitrogen and oxygen atoms in total. The van der Waals surface area contributed by atoms with Gasteiger partial charge < -0.3 is 0 Å². The first-order valence-corrected chi connectivity index (χ1v) is 3.81. The van der Waals surface area contributed by atoms with Crippen LogP contribution < -0.4 is 0 Å². The van der Waals surface area contributed by atoms with Crippen LogP contribution in [0, 0.1) is 15.5 Å². The normalized spacial score (nSPS) is 9.31. The third-order valence-electron chi connectivity index (χ3n) is 1.35. The van der Waals surface area contributed by atoms with Crippen molar-refractivity contribution in [2.45, 2.75) is 0 Å². The Morgan fingerprint density at radius 2 is 2.00 bits per heavy atom. The third kappa shape index (κ3) is 1.69. The molecule has 7 heteroatoms. The molecule has 0 bridgehead atoms. The number of nitro groups is 1. The van der Waals surface area contributed by atoms with Gasteiger partial charge in [0, 0.05) is 12.1 Å². The minimum Gasteiger partial charge on any atom is -0.258 e. The molecule has 0 radical (unpaired) electrons. The van der Waals surface area contributed by atoms with Gasteiger partial charge in [-0.15, -0.1) is 0 Å². The molecule has 0 atom stereocenters. The highest BCUT2D eigenvalue weighted by molar-refractivity contribution is 6.45. The largest absolute Gasteiger partial charge is 0.405 e. The predicted octanol–water partition coefficient (Wildman–Crippen LogP) is 3.39. The Labute approximate surface area is 82.7 Å². The van der Waals surface area contributed by atoms with Gasteiger partial charge in [0.2, 0.25) is 5.39 Å². The van der Waals surface area contributed by atoms with Crippen LogP contribution in [0.25, 0.3) is 4.98 Å². The molecule has 1 aromatic rings. The van der Waals surface area contributed by atoms with Crippen LogP contribution >= 0.6 is 23.2 Å². The van der Waals surface area contributed by atoms with Crippen molar-refractivity contribution in [3.05, 3.63) is 37.3 Å². The van der Waals surface area contributed by atoms with E-state index in [-0.39, 0.29) is 21.4 Å². The number of nitrogens with zero attached hydrogens (tertiary/aromatic N) is 3. The molecule has 0 saturated heterocycles. The maximum Gasteiger partial charge on any atom is 0.405 e. The molecule has 0 heterocycles. The summed E-state index contributed by atoms with van der Waals surface area (Å²) in [5.74, 6) is 0. The molecule has 0 spiro atoms. The van der Waals surface area contributed by atoms with E-state index >= 15 is 0 Å².